The third kappa shape index (κ3) is 4.99. The molecule has 0 spiro atoms. The van der Waals surface area contributed by atoms with Crippen molar-refractivity contribution in [3.05, 3.63) is 48.0 Å². The van der Waals surface area contributed by atoms with E-state index in [1.54, 1.807) is 33.5 Å². The van der Waals surface area contributed by atoms with Crippen LogP contribution < -0.4 is 25.3 Å². The number of nitrogens with zero attached hydrogens (tertiary/aromatic N) is 1. The Morgan fingerprint density at radius 1 is 1.07 bits per heavy atom. The van der Waals surface area contributed by atoms with Crippen molar-refractivity contribution in [1.29, 1.82) is 0 Å². The maximum absolute atomic E-state index is 12.5. The van der Waals surface area contributed by atoms with E-state index in [1.807, 2.05) is 18.2 Å². The molecule has 2 aromatic rings. The number of methoxy groups -OCH3 is 3. The fraction of sp³-hybridized carbons (Fsp3) is 0.409. The number of hydrogen-bond acceptors (Lipinski definition) is 6. The van der Waals surface area contributed by atoms with Gasteiger partial charge in [0.2, 0.25) is 11.7 Å². The number of hydrogen-bond donors (Lipinski definition) is 2. The number of nitrogens with one attached hydrogen (secondary N) is 1. The number of likely N-dealkylation sites (tertiary alicyclic amines) is 1. The van der Waals surface area contributed by atoms with Crippen molar-refractivity contribution < 1.29 is 19.0 Å². The summed E-state index contributed by atoms with van der Waals surface area (Å²) in [6.07, 6.45) is 0.380. The summed E-state index contributed by atoms with van der Waals surface area (Å²) in [5, 5.41) is 2.91. The lowest BCUT2D eigenvalue weighted by atomic mass is 9.95. The van der Waals surface area contributed by atoms with Crippen molar-refractivity contribution in [2.45, 2.75) is 18.4 Å². The number of carbonyl (C=O) groups is 1. The molecule has 1 aliphatic rings. The highest BCUT2D eigenvalue weighted by Crippen LogP contribution is 2.40. The molecule has 0 saturated carbocycles. The number of rotatable bonds is 8. The van der Waals surface area contributed by atoms with Crippen LogP contribution >= 0.6 is 0 Å². The van der Waals surface area contributed by atoms with E-state index in [9.17, 15) is 4.79 Å². The molecule has 0 aliphatic carbocycles. The largest absolute Gasteiger partial charge is 0.493 e. The highest BCUT2D eigenvalue weighted by molar-refractivity contribution is 5.91. The van der Waals surface area contributed by atoms with Gasteiger partial charge in [0.25, 0.3) is 0 Å². The van der Waals surface area contributed by atoms with Gasteiger partial charge in [0.05, 0.1) is 21.3 Å². The number of ether oxygens (including phenoxy) is 3. The van der Waals surface area contributed by atoms with Crippen LogP contribution in [0.1, 0.15) is 17.9 Å². The number of benzene rings is 2. The average molecular weight is 399 g/mol. The van der Waals surface area contributed by atoms with Crippen LogP contribution in [0.2, 0.25) is 0 Å². The van der Waals surface area contributed by atoms with Gasteiger partial charge in [-0.1, -0.05) is 30.3 Å². The molecule has 0 radical (unpaired) electrons. The molecule has 1 amide bonds. The second kappa shape index (κ2) is 9.62. The second-order valence-electron chi connectivity index (χ2n) is 7.15. The molecule has 1 aliphatic heterocycles. The highest BCUT2D eigenvalue weighted by atomic mass is 16.5. The van der Waals surface area contributed by atoms with Gasteiger partial charge in [0.1, 0.15) is 0 Å². The lowest BCUT2D eigenvalue weighted by Crippen LogP contribution is -2.30. The SMILES string of the molecule is COc1cc(NC(=O)CCN2C[C@@H](N)[C@H](c3ccccc3)C2)cc(OC)c1OC. The van der Waals surface area contributed by atoms with Gasteiger partial charge >= 0.3 is 0 Å². The molecule has 156 valence electrons. The molecule has 7 nitrogen and oxygen atoms in total. The molecule has 2 aromatic carbocycles. The molecular formula is C22H29N3O4. The van der Waals surface area contributed by atoms with Crippen LogP contribution in [0.25, 0.3) is 0 Å². The summed E-state index contributed by atoms with van der Waals surface area (Å²) in [4.78, 5) is 14.7. The molecule has 1 heterocycles. The Morgan fingerprint density at radius 2 is 1.72 bits per heavy atom. The van der Waals surface area contributed by atoms with Gasteiger partial charge in [-0.05, 0) is 5.56 Å². The monoisotopic (exact) mass is 399 g/mol. The van der Waals surface area contributed by atoms with Crippen LogP contribution in [0, 0.1) is 0 Å². The van der Waals surface area contributed by atoms with Crippen molar-refractivity contribution in [3.63, 3.8) is 0 Å². The molecule has 7 heteroatoms. The number of nitrogens with two attached hydrogens (primary N) is 1. The normalized spacial score (nSPS) is 19.0. The van der Waals surface area contributed by atoms with E-state index in [2.05, 4.69) is 22.3 Å². The van der Waals surface area contributed by atoms with Crippen LogP contribution in [0.3, 0.4) is 0 Å². The molecule has 1 fully saturated rings. The Hall–Kier alpha value is -2.77. The van der Waals surface area contributed by atoms with Crippen molar-refractivity contribution in [1.82, 2.24) is 4.90 Å². The van der Waals surface area contributed by atoms with Gasteiger partial charge in [-0.15, -0.1) is 0 Å². The number of carbonyl (C=O) groups excluding carboxylic acids is 1. The summed E-state index contributed by atoms with van der Waals surface area (Å²) >= 11 is 0. The first kappa shape index (κ1) is 21.0. The average Bonchev–Trinajstić information content (AvgIpc) is 3.12. The van der Waals surface area contributed by atoms with E-state index < -0.39 is 0 Å². The summed E-state index contributed by atoms with van der Waals surface area (Å²) in [5.74, 6) is 1.72. The van der Waals surface area contributed by atoms with Crippen LogP contribution in [-0.4, -0.2) is 57.8 Å². The molecule has 1 saturated heterocycles. The molecule has 3 rings (SSSR count). The standard InChI is InChI=1S/C22H29N3O4/c1-27-19-11-16(12-20(28-2)22(19)29-3)24-21(26)9-10-25-13-17(18(23)14-25)15-7-5-4-6-8-15/h4-8,11-12,17-18H,9-10,13-14,23H2,1-3H3,(H,24,26)/t17-,18+/m0/s1. The van der Waals surface area contributed by atoms with Crippen LogP contribution in [0.4, 0.5) is 5.69 Å². The predicted octanol–water partition coefficient (Wildman–Crippen LogP) is 2.47. The van der Waals surface area contributed by atoms with Crippen molar-refractivity contribution in [3.8, 4) is 17.2 Å². The van der Waals surface area contributed by atoms with E-state index in [0.717, 1.165) is 13.1 Å². The highest BCUT2D eigenvalue weighted by Gasteiger charge is 2.31. The predicted molar refractivity (Wildman–Crippen MR) is 113 cm³/mol. The summed E-state index contributed by atoms with van der Waals surface area (Å²) in [5.41, 5.74) is 8.20. The molecule has 3 N–H and O–H groups in total. The van der Waals surface area contributed by atoms with E-state index >= 15 is 0 Å². The zero-order valence-corrected chi connectivity index (χ0v) is 17.2. The third-order valence-electron chi connectivity index (χ3n) is 5.27. The Bertz CT molecular complexity index is 803. The zero-order valence-electron chi connectivity index (χ0n) is 17.2. The van der Waals surface area contributed by atoms with Crippen molar-refractivity contribution in [2.75, 3.05) is 46.3 Å². The Morgan fingerprint density at radius 3 is 2.31 bits per heavy atom. The van der Waals surface area contributed by atoms with E-state index in [0.29, 0.717) is 41.8 Å². The number of amides is 1. The first-order valence-electron chi connectivity index (χ1n) is 9.68. The first-order valence-corrected chi connectivity index (χ1v) is 9.68. The first-order chi connectivity index (χ1) is 14.0. The molecule has 29 heavy (non-hydrogen) atoms. The third-order valence-corrected chi connectivity index (χ3v) is 5.27. The van der Waals surface area contributed by atoms with Crippen molar-refractivity contribution in [2.24, 2.45) is 5.73 Å². The molecular weight excluding hydrogens is 370 g/mol. The minimum atomic E-state index is -0.0731. The van der Waals surface area contributed by atoms with Gasteiger partial charge in [0, 0.05) is 55.8 Å². The fourth-order valence-corrected chi connectivity index (χ4v) is 3.79. The molecule has 0 unspecified atom stereocenters. The van der Waals surface area contributed by atoms with Gasteiger partial charge in [-0.3, -0.25) is 4.79 Å². The van der Waals surface area contributed by atoms with Gasteiger partial charge in [-0.25, -0.2) is 0 Å². The van der Waals surface area contributed by atoms with Gasteiger partial charge < -0.3 is 30.2 Å². The van der Waals surface area contributed by atoms with Crippen LogP contribution in [0.15, 0.2) is 42.5 Å². The van der Waals surface area contributed by atoms with E-state index in [-0.39, 0.29) is 11.9 Å². The van der Waals surface area contributed by atoms with Gasteiger partial charge in [0.15, 0.2) is 11.5 Å². The minimum absolute atomic E-state index is 0.0731. The van der Waals surface area contributed by atoms with Gasteiger partial charge in [-0.2, -0.15) is 0 Å². The molecule has 0 aromatic heterocycles. The summed E-state index contributed by atoms with van der Waals surface area (Å²) in [6.45, 7) is 2.31. The second-order valence-corrected chi connectivity index (χ2v) is 7.15. The Kier molecular flexibility index (Phi) is 6.95. The Labute approximate surface area is 171 Å². The zero-order chi connectivity index (χ0) is 20.8. The lowest BCUT2D eigenvalue weighted by Gasteiger charge is -2.17. The summed E-state index contributed by atoms with van der Waals surface area (Å²) < 4.78 is 16.0. The number of anilines is 1. The maximum atomic E-state index is 12.5. The fourth-order valence-electron chi connectivity index (χ4n) is 3.79. The van der Waals surface area contributed by atoms with E-state index in [4.69, 9.17) is 19.9 Å². The van der Waals surface area contributed by atoms with E-state index in [1.165, 1.54) is 5.56 Å². The van der Waals surface area contributed by atoms with Crippen LogP contribution in [-0.2, 0) is 4.79 Å². The van der Waals surface area contributed by atoms with Crippen molar-refractivity contribution >= 4 is 11.6 Å². The smallest absolute Gasteiger partial charge is 0.225 e. The summed E-state index contributed by atoms with van der Waals surface area (Å²) in [7, 11) is 4.63. The molecule has 0 bridgehead atoms. The topological polar surface area (TPSA) is 86.1 Å². The Balaban J connectivity index is 1.57. The molecule has 2 atom stereocenters. The van der Waals surface area contributed by atoms with Crippen LogP contribution in [0.5, 0.6) is 17.2 Å². The summed E-state index contributed by atoms with van der Waals surface area (Å²) in [6, 6.07) is 13.8. The minimum Gasteiger partial charge on any atom is -0.493 e. The lowest BCUT2D eigenvalue weighted by molar-refractivity contribution is -0.116. The quantitative estimate of drug-likeness (QED) is 0.709. The maximum Gasteiger partial charge on any atom is 0.225 e.